The molecular weight excluding hydrogens is 408 g/mol. The Kier molecular flexibility index (Phi) is 4.73. The molecule has 2 aromatic rings. The van der Waals surface area contributed by atoms with Crippen LogP contribution in [0.2, 0.25) is 0 Å². The van der Waals surface area contributed by atoms with E-state index in [4.69, 9.17) is 4.74 Å². The topological polar surface area (TPSA) is 95.9 Å². The van der Waals surface area contributed by atoms with E-state index in [9.17, 15) is 19.5 Å². The monoisotopic (exact) mass is 434 g/mol. The largest absolute Gasteiger partial charge is 0.480 e. The van der Waals surface area contributed by atoms with Gasteiger partial charge in [-0.2, -0.15) is 0 Å². The molecule has 3 aliphatic rings. The molecule has 0 aromatic heterocycles. The molecule has 2 aliphatic carbocycles. The van der Waals surface area contributed by atoms with Crippen molar-refractivity contribution in [3.05, 3.63) is 59.7 Å². The van der Waals surface area contributed by atoms with Gasteiger partial charge in [0.25, 0.3) is 0 Å². The van der Waals surface area contributed by atoms with Crippen LogP contribution in [0.25, 0.3) is 11.1 Å². The molecule has 1 atom stereocenters. The quantitative estimate of drug-likeness (QED) is 0.751. The Bertz CT molecular complexity index is 1060. The summed E-state index contributed by atoms with van der Waals surface area (Å²) in [6, 6.07) is 16.2. The molecule has 1 saturated carbocycles. The number of likely N-dealkylation sites (tertiary alicyclic amines) is 1. The first-order valence-electron chi connectivity index (χ1n) is 11.0. The van der Waals surface area contributed by atoms with Crippen LogP contribution in [-0.2, 0) is 14.3 Å². The maximum absolute atomic E-state index is 13.2. The highest BCUT2D eigenvalue weighted by molar-refractivity contribution is 5.96. The van der Waals surface area contributed by atoms with Gasteiger partial charge in [0, 0.05) is 12.5 Å². The number of ether oxygens (including phenoxy) is 1. The second kappa shape index (κ2) is 7.36. The van der Waals surface area contributed by atoms with Crippen molar-refractivity contribution < 1.29 is 24.2 Å². The third-order valence-corrected chi connectivity index (χ3v) is 7.19. The number of hydrogen-bond donors (Lipinski definition) is 2. The average Bonchev–Trinajstić information content (AvgIpc) is 3.34. The summed E-state index contributed by atoms with van der Waals surface area (Å²) in [6.45, 7) is 2.13. The summed E-state index contributed by atoms with van der Waals surface area (Å²) in [4.78, 5) is 39.0. The van der Waals surface area contributed by atoms with Crippen LogP contribution in [0.5, 0.6) is 0 Å². The molecule has 2 fully saturated rings. The van der Waals surface area contributed by atoms with Crippen LogP contribution in [0, 0.1) is 0 Å². The Hall–Kier alpha value is -3.35. The third kappa shape index (κ3) is 3.15. The summed E-state index contributed by atoms with van der Waals surface area (Å²) >= 11 is 0. The van der Waals surface area contributed by atoms with Crippen molar-refractivity contribution in [1.82, 2.24) is 10.2 Å². The lowest BCUT2D eigenvalue weighted by molar-refractivity contribution is -0.156. The van der Waals surface area contributed by atoms with Gasteiger partial charge in [-0.15, -0.1) is 0 Å². The molecule has 0 unspecified atom stereocenters. The number of alkyl carbamates (subject to hydrolysis) is 1. The molecule has 7 nitrogen and oxygen atoms in total. The number of carboxylic acids is 1. The number of aliphatic carboxylic acids is 1. The molecule has 0 radical (unpaired) electrons. The van der Waals surface area contributed by atoms with Crippen molar-refractivity contribution in [2.24, 2.45) is 0 Å². The van der Waals surface area contributed by atoms with Crippen LogP contribution in [0.1, 0.15) is 49.7 Å². The first-order chi connectivity index (χ1) is 15.4. The summed E-state index contributed by atoms with van der Waals surface area (Å²) in [5, 5.41) is 12.4. The number of carbonyl (C=O) groups excluding carboxylic acids is 2. The van der Waals surface area contributed by atoms with Gasteiger partial charge in [0.05, 0.1) is 0 Å². The normalized spacial score (nSPS) is 22.7. The molecule has 166 valence electrons. The highest BCUT2D eigenvalue weighted by Gasteiger charge is 2.58. The van der Waals surface area contributed by atoms with Crippen LogP contribution < -0.4 is 5.32 Å². The standard InChI is InChI=1S/C25H26N2O5/c1-24(22(29)30)11-6-14-27(24)21(28)25(12-13-25)26-23(31)32-15-20-18-9-4-2-7-16(18)17-8-3-5-10-19(17)20/h2-5,7-10,20H,6,11-15H2,1H3,(H,26,31)(H,29,30)/t24-/m0/s1. The Labute approximate surface area is 186 Å². The Morgan fingerprint density at radius 3 is 2.19 bits per heavy atom. The van der Waals surface area contributed by atoms with Crippen LogP contribution in [0.3, 0.4) is 0 Å². The number of amides is 2. The molecule has 1 saturated heterocycles. The lowest BCUT2D eigenvalue weighted by Crippen LogP contribution is -2.58. The number of nitrogens with zero attached hydrogens (tertiary/aromatic N) is 1. The Balaban J connectivity index is 1.27. The second-order valence-corrected chi connectivity index (χ2v) is 9.17. The number of rotatable bonds is 5. The van der Waals surface area contributed by atoms with Crippen LogP contribution in [0.15, 0.2) is 48.5 Å². The van der Waals surface area contributed by atoms with E-state index in [-0.39, 0.29) is 18.4 Å². The fourth-order valence-electron chi connectivity index (χ4n) is 5.12. The van der Waals surface area contributed by atoms with Crippen LogP contribution in [0.4, 0.5) is 4.79 Å². The van der Waals surface area contributed by atoms with E-state index < -0.39 is 23.1 Å². The second-order valence-electron chi connectivity index (χ2n) is 9.17. The predicted octanol–water partition coefficient (Wildman–Crippen LogP) is 3.52. The fraction of sp³-hybridized carbons (Fsp3) is 0.400. The maximum Gasteiger partial charge on any atom is 0.408 e. The van der Waals surface area contributed by atoms with Gasteiger partial charge < -0.3 is 20.1 Å². The summed E-state index contributed by atoms with van der Waals surface area (Å²) < 4.78 is 5.59. The zero-order valence-electron chi connectivity index (χ0n) is 18.0. The minimum absolute atomic E-state index is 0.0621. The third-order valence-electron chi connectivity index (χ3n) is 7.19. The van der Waals surface area contributed by atoms with Gasteiger partial charge in [0.2, 0.25) is 5.91 Å². The van der Waals surface area contributed by atoms with Crippen molar-refractivity contribution in [3.8, 4) is 11.1 Å². The van der Waals surface area contributed by atoms with Gasteiger partial charge >= 0.3 is 12.1 Å². The van der Waals surface area contributed by atoms with E-state index >= 15 is 0 Å². The van der Waals surface area contributed by atoms with E-state index in [0.29, 0.717) is 32.2 Å². The van der Waals surface area contributed by atoms with Crippen molar-refractivity contribution >= 4 is 18.0 Å². The van der Waals surface area contributed by atoms with E-state index in [1.54, 1.807) is 6.92 Å². The molecular formula is C25H26N2O5. The Morgan fingerprint density at radius 2 is 1.62 bits per heavy atom. The molecule has 1 aliphatic heterocycles. The number of carbonyl (C=O) groups is 3. The SMILES string of the molecule is C[C@@]1(C(=O)O)CCCN1C(=O)C1(NC(=O)OCC2c3ccccc3-c3ccccc32)CC1. The highest BCUT2D eigenvalue weighted by Crippen LogP contribution is 2.45. The van der Waals surface area contributed by atoms with Gasteiger partial charge in [-0.3, -0.25) is 4.79 Å². The van der Waals surface area contributed by atoms with E-state index in [1.807, 2.05) is 36.4 Å². The first-order valence-corrected chi connectivity index (χ1v) is 11.0. The average molecular weight is 434 g/mol. The van der Waals surface area contributed by atoms with Gasteiger partial charge in [0.1, 0.15) is 17.7 Å². The molecule has 0 bridgehead atoms. The molecule has 1 heterocycles. The lowest BCUT2D eigenvalue weighted by Gasteiger charge is -2.34. The van der Waals surface area contributed by atoms with Crippen LogP contribution in [-0.4, -0.2) is 52.2 Å². The molecule has 0 spiro atoms. The fourth-order valence-corrected chi connectivity index (χ4v) is 5.12. The van der Waals surface area contributed by atoms with Crippen molar-refractivity contribution in [2.45, 2.75) is 49.6 Å². The number of carboxylic acid groups (broad SMARTS) is 1. The molecule has 2 N–H and O–H groups in total. The summed E-state index contributed by atoms with van der Waals surface area (Å²) in [6.07, 6.45) is 1.38. The maximum atomic E-state index is 13.2. The van der Waals surface area contributed by atoms with Gasteiger partial charge in [0.15, 0.2) is 0 Å². The predicted molar refractivity (Wildman–Crippen MR) is 117 cm³/mol. The molecule has 32 heavy (non-hydrogen) atoms. The summed E-state index contributed by atoms with van der Waals surface area (Å²) in [7, 11) is 0. The van der Waals surface area contributed by atoms with Crippen molar-refractivity contribution in [1.29, 1.82) is 0 Å². The Morgan fingerprint density at radius 1 is 1.03 bits per heavy atom. The number of benzene rings is 2. The minimum Gasteiger partial charge on any atom is -0.480 e. The number of fused-ring (bicyclic) bond motifs is 3. The number of nitrogens with one attached hydrogen (secondary N) is 1. The molecule has 2 amide bonds. The van der Waals surface area contributed by atoms with Crippen LogP contribution >= 0.6 is 0 Å². The zero-order valence-corrected chi connectivity index (χ0v) is 18.0. The number of hydrogen-bond acceptors (Lipinski definition) is 4. The molecule has 2 aromatic carbocycles. The van der Waals surface area contributed by atoms with Gasteiger partial charge in [-0.1, -0.05) is 48.5 Å². The summed E-state index contributed by atoms with van der Waals surface area (Å²) in [5.41, 5.74) is 2.25. The smallest absolute Gasteiger partial charge is 0.408 e. The van der Waals surface area contributed by atoms with E-state index in [0.717, 1.165) is 22.3 Å². The van der Waals surface area contributed by atoms with Crippen molar-refractivity contribution in [3.63, 3.8) is 0 Å². The van der Waals surface area contributed by atoms with Gasteiger partial charge in [-0.25, -0.2) is 9.59 Å². The van der Waals surface area contributed by atoms with Crippen molar-refractivity contribution in [2.75, 3.05) is 13.2 Å². The lowest BCUT2D eigenvalue weighted by atomic mass is 9.98. The molecule has 7 heteroatoms. The first kappa shape index (κ1) is 20.5. The zero-order chi connectivity index (χ0) is 22.5. The van der Waals surface area contributed by atoms with E-state index in [2.05, 4.69) is 17.4 Å². The molecule has 5 rings (SSSR count). The minimum atomic E-state index is -1.23. The summed E-state index contributed by atoms with van der Waals surface area (Å²) in [5.74, 6) is -1.40. The van der Waals surface area contributed by atoms with Gasteiger partial charge in [-0.05, 0) is 54.9 Å². The highest BCUT2D eigenvalue weighted by atomic mass is 16.5. The van der Waals surface area contributed by atoms with E-state index in [1.165, 1.54) is 4.90 Å².